The summed E-state index contributed by atoms with van der Waals surface area (Å²) in [6.07, 6.45) is 1.60. The fourth-order valence-corrected chi connectivity index (χ4v) is 3.58. The zero-order valence-corrected chi connectivity index (χ0v) is 12.9. The first kappa shape index (κ1) is 16.2. The van der Waals surface area contributed by atoms with Gasteiger partial charge in [0.25, 0.3) is 0 Å². The van der Waals surface area contributed by atoms with Crippen molar-refractivity contribution in [2.75, 3.05) is 11.5 Å². The maximum Gasteiger partial charge on any atom is 0.152 e. The highest BCUT2D eigenvalue weighted by Crippen LogP contribution is 2.19. The van der Waals surface area contributed by atoms with Crippen LogP contribution in [-0.4, -0.2) is 19.9 Å². The van der Waals surface area contributed by atoms with Crippen molar-refractivity contribution in [3.8, 4) is 0 Å². The predicted octanol–water partition coefficient (Wildman–Crippen LogP) is 3.02. The summed E-state index contributed by atoms with van der Waals surface area (Å²) in [6.45, 7) is 6.24. The van der Waals surface area contributed by atoms with Crippen LogP contribution in [0.1, 0.15) is 56.7 Å². The summed E-state index contributed by atoms with van der Waals surface area (Å²) in [5.74, 6) is 0.744. The van der Waals surface area contributed by atoms with E-state index in [0.29, 0.717) is 12.3 Å². The van der Waals surface area contributed by atoms with Crippen LogP contribution in [0.4, 0.5) is 0 Å². The molecule has 0 saturated carbocycles. The Hall–Kier alpha value is -0.870. The highest BCUT2D eigenvalue weighted by Gasteiger charge is 2.17. The summed E-state index contributed by atoms with van der Waals surface area (Å²) in [4.78, 5) is 0. The minimum atomic E-state index is -3.04. The van der Waals surface area contributed by atoms with Crippen molar-refractivity contribution in [2.24, 2.45) is 5.73 Å². The van der Waals surface area contributed by atoms with Gasteiger partial charge >= 0.3 is 0 Å². The predicted molar refractivity (Wildman–Crippen MR) is 81.0 cm³/mol. The molecule has 0 fully saturated rings. The fourth-order valence-electron chi connectivity index (χ4n) is 1.95. The lowest BCUT2D eigenvalue weighted by Crippen LogP contribution is -2.23. The average molecular weight is 283 g/mol. The Bertz CT molecular complexity index is 477. The molecule has 0 saturated heterocycles. The molecule has 1 aromatic carbocycles. The molecule has 0 aliphatic rings. The molecular weight excluding hydrogens is 258 g/mol. The average Bonchev–Trinajstić information content (AvgIpc) is 2.36. The first-order valence-corrected chi connectivity index (χ1v) is 8.73. The third-order valence-corrected chi connectivity index (χ3v) is 5.05. The van der Waals surface area contributed by atoms with Crippen molar-refractivity contribution in [3.05, 3.63) is 35.4 Å². The van der Waals surface area contributed by atoms with Gasteiger partial charge in [0.1, 0.15) is 0 Å². The van der Waals surface area contributed by atoms with E-state index in [0.717, 1.165) is 12.0 Å². The standard InChI is InChI=1S/C15H25NO2S/c1-4-5-10-19(17,18)11-15(16)14-8-6-13(7-9-14)12(2)3/h6-9,12,15H,4-5,10-11,16H2,1-3H3. The van der Waals surface area contributed by atoms with Gasteiger partial charge in [-0.15, -0.1) is 0 Å². The summed E-state index contributed by atoms with van der Waals surface area (Å²) in [7, 11) is -3.04. The second-order valence-electron chi connectivity index (χ2n) is 5.40. The van der Waals surface area contributed by atoms with Crippen LogP contribution in [0.2, 0.25) is 0 Å². The quantitative estimate of drug-likeness (QED) is 0.836. The van der Waals surface area contributed by atoms with Gasteiger partial charge in [0.2, 0.25) is 0 Å². The minimum Gasteiger partial charge on any atom is -0.323 e. The van der Waals surface area contributed by atoms with Crippen LogP contribution in [0.5, 0.6) is 0 Å². The molecule has 1 unspecified atom stereocenters. The van der Waals surface area contributed by atoms with Crippen LogP contribution in [-0.2, 0) is 9.84 Å². The minimum absolute atomic E-state index is 0.0357. The first-order chi connectivity index (χ1) is 8.85. The molecule has 0 aliphatic carbocycles. The van der Waals surface area contributed by atoms with E-state index in [1.165, 1.54) is 5.56 Å². The van der Waals surface area contributed by atoms with Gasteiger partial charge in [0, 0.05) is 6.04 Å². The monoisotopic (exact) mass is 283 g/mol. The fraction of sp³-hybridized carbons (Fsp3) is 0.600. The lowest BCUT2D eigenvalue weighted by atomic mass is 10.00. The highest BCUT2D eigenvalue weighted by molar-refractivity contribution is 7.91. The van der Waals surface area contributed by atoms with E-state index in [1.54, 1.807) is 0 Å². The normalized spacial score (nSPS) is 13.7. The van der Waals surface area contributed by atoms with Gasteiger partial charge in [-0.25, -0.2) is 8.42 Å². The van der Waals surface area contributed by atoms with Crippen LogP contribution < -0.4 is 5.73 Å². The Labute approximate surface area is 117 Å². The Balaban J connectivity index is 2.70. The van der Waals surface area contributed by atoms with Crippen molar-refractivity contribution in [1.82, 2.24) is 0 Å². The van der Waals surface area contributed by atoms with Crippen LogP contribution in [0.15, 0.2) is 24.3 Å². The number of unbranched alkanes of at least 4 members (excludes halogenated alkanes) is 1. The number of rotatable bonds is 7. The molecule has 4 heteroatoms. The molecular formula is C15H25NO2S. The van der Waals surface area contributed by atoms with E-state index < -0.39 is 15.9 Å². The first-order valence-electron chi connectivity index (χ1n) is 6.91. The van der Waals surface area contributed by atoms with Gasteiger partial charge in [-0.2, -0.15) is 0 Å². The molecule has 2 N–H and O–H groups in total. The van der Waals surface area contributed by atoms with Gasteiger partial charge in [-0.05, 0) is 23.5 Å². The largest absolute Gasteiger partial charge is 0.323 e. The van der Waals surface area contributed by atoms with Gasteiger partial charge in [-0.1, -0.05) is 51.5 Å². The van der Waals surface area contributed by atoms with Crippen LogP contribution in [0.25, 0.3) is 0 Å². The summed E-state index contributed by atoms with van der Waals surface area (Å²) >= 11 is 0. The van der Waals surface area contributed by atoms with E-state index in [2.05, 4.69) is 13.8 Å². The number of sulfone groups is 1. The number of hydrogen-bond donors (Lipinski definition) is 1. The Kier molecular flexibility index (Phi) is 6.01. The Morgan fingerprint density at radius 2 is 1.63 bits per heavy atom. The molecule has 0 spiro atoms. The Morgan fingerprint density at radius 1 is 1.11 bits per heavy atom. The van der Waals surface area contributed by atoms with Crippen molar-refractivity contribution < 1.29 is 8.42 Å². The van der Waals surface area contributed by atoms with E-state index in [4.69, 9.17) is 5.73 Å². The maximum atomic E-state index is 11.9. The molecule has 0 radical (unpaired) electrons. The third-order valence-electron chi connectivity index (χ3n) is 3.27. The van der Waals surface area contributed by atoms with E-state index in [-0.39, 0.29) is 11.5 Å². The summed E-state index contributed by atoms with van der Waals surface area (Å²) in [5, 5.41) is 0. The second-order valence-corrected chi connectivity index (χ2v) is 7.62. The molecule has 19 heavy (non-hydrogen) atoms. The molecule has 0 heterocycles. The van der Waals surface area contributed by atoms with Crippen molar-refractivity contribution in [2.45, 2.75) is 45.6 Å². The van der Waals surface area contributed by atoms with Gasteiger partial charge in [0.15, 0.2) is 9.84 Å². The lowest BCUT2D eigenvalue weighted by Gasteiger charge is -2.14. The second kappa shape index (κ2) is 7.06. The molecule has 1 rings (SSSR count). The molecule has 0 amide bonds. The molecule has 1 atom stereocenters. The molecule has 0 aliphatic heterocycles. The van der Waals surface area contributed by atoms with Crippen LogP contribution >= 0.6 is 0 Å². The van der Waals surface area contributed by atoms with Gasteiger partial charge < -0.3 is 5.73 Å². The summed E-state index contributed by atoms with van der Waals surface area (Å²) < 4.78 is 23.7. The zero-order chi connectivity index (χ0) is 14.5. The summed E-state index contributed by atoms with van der Waals surface area (Å²) in [5.41, 5.74) is 8.13. The highest BCUT2D eigenvalue weighted by atomic mass is 32.2. The van der Waals surface area contributed by atoms with Crippen molar-refractivity contribution in [3.63, 3.8) is 0 Å². The third kappa shape index (κ3) is 5.33. The Morgan fingerprint density at radius 3 is 2.11 bits per heavy atom. The SMILES string of the molecule is CCCCS(=O)(=O)CC(N)c1ccc(C(C)C)cc1. The van der Waals surface area contributed by atoms with Crippen LogP contribution in [0.3, 0.4) is 0 Å². The molecule has 1 aromatic rings. The molecule has 0 bridgehead atoms. The number of hydrogen-bond acceptors (Lipinski definition) is 3. The van der Waals surface area contributed by atoms with Crippen molar-refractivity contribution in [1.29, 1.82) is 0 Å². The van der Waals surface area contributed by atoms with E-state index in [1.807, 2.05) is 31.2 Å². The van der Waals surface area contributed by atoms with Gasteiger partial charge in [0.05, 0.1) is 11.5 Å². The van der Waals surface area contributed by atoms with Gasteiger partial charge in [-0.3, -0.25) is 0 Å². The number of benzene rings is 1. The van der Waals surface area contributed by atoms with Crippen molar-refractivity contribution >= 4 is 9.84 Å². The van der Waals surface area contributed by atoms with E-state index >= 15 is 0 Å². The van der Waals surface area contributed by atoms with Crippen LogP contribution in [0, 0.1) is 0 Å². The van der Waals surface area contributed by atoms with E-state index in [9.17, 15) is 8.42 Å². The number of nitrogens with two attached hydrogens (primary N) is 1. The zero-order valence-electron chi connectivity index (χ0n) is 12.1. The summed E-state index contributed by atoms with van der Waals surface area (Å²) in [6, 6.07) is 7.50. The topological polar surface area (TPSA) is 60.2 Å². The smallest absolute Gasteiger partial charge is 0.152 e. The molecule has 3 nitrogen and oxygen atoms in total. The molecule has 108 valence electrons. The maximum absolute atomic E-state index is 11.9. The lowest BCUT2D eigenvalue weighted by molar-refractivity contribution is 0.585. The molecule has 0 aromatic heterocycles.